The van der Waals surface area contributed by atoms with Gasteiger partial charge in [0.15, 0.2) is 0 Å². The smallest absolute Gasteiger partial charge is 0.330 e. The summed E-state index contributed by atoms with van der Waals surface area (Å²) < 4.78 is 29.4. The molecule has 3 saturated carbocycles. The lowest BCUT2D eigenvalue weighted by Gasteiger charge is -2.38. The van der Waals surface area contributed by atoms with Gasteiger partial charge < -0.3 is 23.7 Å². The first-order valence-corrected chi connectivity index (χ1v) is 15.7. The van der Waals surface area contributed by atoms with Crippen LogP contribution in [-0.2, 0) is 43.0 Å². The molecule has 0 aromatic rings. The number of ether oxygens (including phenoxy) is 5. The number of rotatable bonds is 18. The maximum atomic E-state index is 12.9. The molecule has 0 spiro atoms. The van der Waals surface area contributed by atoms with Gasteiger partial charge in [-0.15, -0.1) is 6.58 Å². The minimum atomic E-state index is -0.409. The first-order chi connectivity index (χ1) is 20.0. The van der Waals surface area contributed by atoms with Crippen LogP contribution in [0.25, 0.3) is 0 Å². The minimum Gasteiger partial charge on any atom is -0.462 e. The van der Waals surface area contributed by atoms with E-state index >= 15 is 0 Å². The minimum absolute atomic E-state index is 0.0140. The highest BCUT2D eigenvalue weighted by molar-refractivity contribution is 5.81. The van der Waals surface area contributed by atoms with Crippen molar-refractivity contribution >= 4 is 11.9 Å². The molecule has 3 unspecified atom stereocenters. The van der Waals surface area contributed by atoms with E-state index in [1.807, 2.05) is 0 Å². The Morgan fingerprint density at radius 1 is 0.732 bits per heavy atom. The van der Waals surface area contributed by atoms with Crippen molar-refractivity contribution in [3.63, 3.8) is 0 Å². The Morgan fingerprint density at radius 2 is 1.34 bits per heavy atom. The monoisotopic (exact) mass is 580 g/mol. The fourth-order valence-corrected chi connectivity index (χ4v) is 6.00. The van der Waals surface area contributed by atoms with Gasteiger partial charge in [-0.1, -0.05) is 19.6 Å². The van der Waals surface area contributed by atoms with Crippen molar-refractivity contribution in [3.05, 3.63) is 25.3 Å². The third-order valence-electron chi connectivity index (χ3n) is 8.37. The molecule has 41 heavy (non-hydrogen) atoms. The van der Waals surface area contributed by atoms with Crippen molar-refractivity contribution in [3.8, 4) is 0 Å². The highest BCUT2D eigenvalue weighted by Crippen LogP contribution is 2.34. The van der Waals surface area contributed by atoms with Crippen LogP contribution in [0.1, 0.15) is 90.4 Å². The van der Waals surface area contributed by atoms with Crippen LogP contribution in [-0.4, -0.2) is 75.5 Å². The molecule has 3 aliphatic carbocycles. The van der Waals surface area contributed by atoms with E-state index in [0.29, 0.717) is 51.5 Å². The molecule has 3 rings (SSSR count). The van der Waals surface area contributed by atoms with E-state index in [1.165, 1.54) is 0 Å². The molecule has 3 atom stereocenters. The van der Waals surface area contributed by atoms with Crippen molar-refractivity contribution in [1.82, 2.24) is 0 Å². The zero-order valence-corrected chi connectivity index (χ0v) is 25.0. The van der Waals surface area contributed by atoms with E-state index in [4.69, 9.17) is 33.5 Å². The van der Waals surface area contributed by atoms with Crippen LogP contribution in [0.2, 0.25) is 0 Å². The highest BCUT2D eigenvalue weighted by atomic mass is 17.2. The third kappa shape index (κ3) is 13.0. The van der Waals surface area contributed by atoms with Crippen LogP contribution in [0.5, 0.6) is 0 Å². The van der Waals surface area contributed by atoms with Crippen LogP contribution < -0.4 is 0 Å². The highest BCUT2D eigenvalue weighted by Gasteiger charge is 2.35. The summed E-state index contributed by atoms with van der Waals surface area (Å²) in [6, 6.07) is 0. The van der Waals surface area contributed by atoms with Gasteiger partial charge in [-0.3, -0.25) is 4.79 Å². The van der Waals surface area contributed by atoms with Crippen molar-refractivity contribution < 1.29 is 43.0 Å². The Morgan fingerprint density at radius 3 is 1.98 bits per heavy atom. The first-order valence-electron chi connectivity index (χ1n) is 15.7. The molecule has 0 aromatic carbocycles. The second kappa shape index (κ2) is 19.4. The van der Waals surface area contributed by atoms with Gasteiger partial charge in [-0.2, -0.15) is 0 Å². The van der Waals surface area contributed by atoms with Gasteiger partial charge in [0, 0.05) is 19.1 Å². The lowest BCUT2D eigenvalue weighted by Crippen LogP contribution is -2.39. The number of esters is 2. The Bertz CT molecular complexity index is 771. The molecule has 3 aliphatic rings. The summed E-state index contributed by atoms with van der Waals surface area (Å²) in [5.41, 5.74) is 0. The van der Waals surface area contributed by atoms with Gasteiger partial charge in [0.1, 0.15) is 12.7 Å². The van der Waals surface area contributed by atoms with Gasteiger partial charge in [0.2, 0.25) is 0 Å². The van der Waals surface area contributed by atoms with Crippen LogP contribution in [0, 0.1) is 11.8 Å². The fraction of sp³-hybridized carbons (Fsp3) is 0.812. The predicted octanol–water partition coefficient (Wildman–Crippen LogP) is 5.65. The van der Waals surface area contributed by atoms with Gasteiger partial charge in [0.25, 0.3) is 0 Å². The molecular weight excluding hydrogens is 528 g/mol. The lowest BCUT2D eigenvalue weighted by atomic mass is 9.84. The van der Waals surface area contributed by atoms with Gasteiger partial charge >= 0.3 is 11.9 Å². The van der Waals surface area contributed by atoms with Gasteiger partial charge in [0.05, 0.1) is 50.2 Å². The molecule has 0 amide bonds. The van der Waals surface area contributed by atoms with Crippen molar-refractivity contribution in [2.24, 2.45) is 11.8 Å². The SMILES string of the molecule is C=CCOOCCCOC1CCC(OC2CCC(OC(=O)C3CCC(OCCCOC(=O)C=C)CC3)CC2C)CC1. The molecule has 0 saturated heterocycles. The first kappa shape index (κ1) is 33.7. The van der Waals surface area contributed by atoms with Crippen LogP contribution in [0.15, 0.2) is 25.3 Å². The molecule has 0 aromatic heterocycles. The lowest BCUT2D eigenvalue weighted by molar-refractivity contribution is -0.287. The summed E-state index contributed by atoms with van der Waals surface area (Å²) in [4.78, 5) is 33.9. The Labute approximate surface area is 246 Å². The Kier molecular flexibility index (Phi) is 16.0. The molecule has 9 heteroatoms. The van der Waals surface area contributed by atoms with Crippen LogP contribution in [0.3, 0.4) is 0 Å². The van der Waals surface area contributed by atoms with E-state index in [0.717, 1.165) is 83.1 Å². The molecule has 234 valence electrons. The summed E-state index contributed by atoms with van der Waals surface area (Å²) >= 11 is 0. The molecule has 0 N–H and O–H groups in total. The maximum Gasteiger partial charge on any atom is 0.330 e. The largest absolute Gasteiger partial charge is 0.462 e. The average Bonchev–Trinajstić information content (AvgIpc) is 2.99. The summed E-state index contributed by atoms with van der Waals surface area (Å²) in [6.07, 6.45) is 15.3. The zero-order valence-electron chi connectivity index (χ0n) is 25.0. The van der Waals surface area contributed by atoms with Crippen molar-refractivity contribution in [1.29, 1.82) is 0 Å². The molecule has 0 heterocycles. The standard InChI is InChI=1S/C32H52O9/c1-4-18-38-39-22-7-20-36-27-12-14-28(15-13-27)40-30-17-16-29(23-24(30)3)41-32(34)25-8-10-26(11-9-25)35-19-6-21-37-31(33)5-2/h4-5,24-30H,1-2,6-23H2,3H3. The maximum absolute atomic E-state index is 12.9. The molecule has 0 bridgehead atoms. The predicted molar refractivity (Wildman–Crippen MR) is 154 cm³/mol. The topological polar surface area (TPSA) is 98.8 Å². The Hall–Kier alpha value is -1.78. The van der Waals surface area contributed by atoms with Crippen LogP contribution >= 0.6 is 0 Å². The molecule has 9 nitrogen and oxygen atoms in total. The number of carbonyl (C=O) groups excluding carboxylic acids is 2. The average molecular weight is 581 g/mol. The summed E-state index contributed by atoms with van der Waals surface area (Å²) in [6.45, 7) is 11.7. The zero-order chi connectivity index (χ0) is 29.3. The van der Waals surface area contributed by atoms with E-state index in [2.05, 4.69) is 20.1 Å². The van der Waals surface area contributed by atoms with Crippen molar-refractivity contribution in [2.45, 2.75) is 121 Å². The van der Waals surface area contributed by atoms with E-state index in [9.17, 15) is 9.59 Å². The number of carbonyl (C=O) groups is 2. The second-order valence-electron chi connectivity index (χ2n) is 11.6. The van der Waals surface area contributed by atoms with Crippen LogP contribution in [0.4, 0.5) is 0 Å². The van der Waals surface area contributed by atoms with E-state index in [1.54, 1.807) is 6.08 Å². The second-order valence-corrected chi connectivity index (χ2v) is 11.6. The number of hydrogen-bond donors (Lipinski definition) is 0. The molecular formula is C32H52O9. The van der Waals surface area contributed by atoms with E-state index < -0.39 is 5.97 Å². The van der Waals surface area contributed by atoms with Crippen molar-refractivity contribution in [2.75, 3.05) is 33.0 Å². The normalized spacial score (nSPS) is 30.3. The molecule has 0 aliphatic heterocycles. The summed E-state index contributed by atoms with van der Waals surface area (Å²) in [7, 11) is 0. The van der Waals surface area contributed by atoms with E-state index in [-0.39, 0.29) is 36.3 Å². The fourth-order valence-electron chi connectivity index (χ4n) is 6.00. The number of hydrogen-bond acceptors (Lipinski definition) is 9. The summed E-state index contributed by atoms with van der Waals surface area (Å²) in [5, 5.41) is 0. The molecule has 0 radical (unpaired) electrons. The Balaban J connectivity index is 1.22. The van der Waals surface area contributed by atoms with Gasteiger partial charge in [-0.05, 0) is 83.0 Å². The van der Waals surface area contributed by atoms with Gasteiger partial charge in [-0.25, -0.2) is 14.6 Å². The molecule has 3 fully saturated rings. The third-order valence-corrected chi connectivity index (χ3v) is 8.37. The quantitative estimate of drug-likeness (QED) is 0.0509. The summed E-state index contributed by atoms with van der Waals surface area (Å²) in [5.74, 6) is -0.129.